The molecule has 0 aromatic carbocycles. The highest BCUT2D eigenvalue weighted by molar-refractivity contribution is 7.98. The number of amides is 1. The van der Waals surface area contributed by atoms with Crippen molar-refractivity contribution in [3.8, 4) is 0 Å². The van der Waals surface area contributed by atoms with E-state index < -0.39 is 0 Å². The molecule has 0 radical (unpaired) electrons. The summed E-state index contributed by atoms with van der Waals surface area (Å²) in [4.78, 5) is 21.5. The molecule has 0 aliphatic rings. The van der Waals surface area contributed by atoms with Gasteiger partial charge in [0, 0.05) is 39.1 Å². The first-order valence-corrected chi connectivity index (χ1v) is 9.12. The summed E-state index contributed by atoms with van der Waals surface area (Å²) in [5, 5.41) is 6.95. The number of carbonyl (C=O) groups is 1. The van der Waals surface area contributed by atoms with E-state index in [4.69, 9.17) is 11.6 Å². The molecule has 6 nitrogen and oxygen atoms in total. The molecule has 0 aliphatic heterocycles. The number of likely N-dealkylation sites (N-methyl/N-ethyl adjacent to an activating group) is 1. The summed E-state index contributed by atoms with van der Waals surface area (Å²) < 4.78 is 0. The Morgan fingerprint density at radius 3 is 2.70 bits per heavy atom. The van der Waals surface area contributed by atoms with Crippen molar-refractivity contribution in [1.29, 1.82) is 0 Å². The predicted octanol–water partition coefficient (Wildman–Crippen LogP) is 1.26. The molecule has 128 valence electrons. The highest BCUT2D eigenvalue weighted by Crippen LogP contribution is 2.05. The number of nitrogens with one attached hydrogen (secondary N) is 2. The smallest absolute Gasteiger partial charge is 0.243 e. The Morgan fingerprint density at radius 1 is 1.35 bits per heavy atom. The number of rotatable bonds is 8. The lowest BCUT2D eigenvalue weighted by atomic mass is 10.2. The Bertz CT molecular complexity index is 507. The largest absolute Gasteiger partial charge is 0.356 e. The number of pyridine rings is 1. The third kappa shape index (κ3) is 8.66. The van der Waals surface area contributed by atoms with Gasteiger partial charge in [-0.05, 0) is 24.3 Å². The van der Waals surface area contributed by atoms with Gasteiger partial charge in [0.1, 0.15) is 11.7 Å². The lowest BCUT2D eigenvalue weighted by Crippen LogP contribution is -2.40. The van der Waals surface area contributed by atoms with Crippen LogP contribution < -0.4 is 10.6 Å². The van der Waals surface area contributed by atoms with E-state index in [-0.39, 0.29) is 12.5 Å². The molecule has 0 bridgehead atoms. The number of aromatic nitrogens is 1. The van der Waals surface area contributed by atoms with Crippen LogP contribution in [0.1, 0.15) is 5.56 Å². The Morgan fingerprint density at radius 2 is 2.09 bits per heavy atom. The van der Waals surface area contributed by atoms with E-state index in [1.807, 2.05) is 6.07 Å². The third-order valence-electron chi connectivity index (χ3n) is 2.96. The quantitative estimate of drug-likeness (QED) is 0.317. The second-order valence-electron chi connectivity index (χ2n) is 5.04. The zero-order valence-electron chi connectivity index (χ0n) is 13.8. The lowest BCUT2D eigenvalue weighted by Gasteiger charge is -2.13. The summed E-state index contributed by atoms with van der Waals surface area (Å²) in [6, 6.07) is 3.73. The molecule has 1 rings (SSSR count). The first-order chi connectivity index (χ1) is 11.0. The fourth-order valence-electron chi connectivity index (χ4n) is 1.61. The van der Waals surface area contributed by atoms with Crippen molar-refractivity contribution in [2.45, 2.75) is 6.42 Å². The molecule has 0 saturated heterocycles. The molecule has 0 fully saturated rings. The monoisotopic (exact) mass is 357 g/mol. The van der Waals surface area contributed by atoms with Crippen LogP contribution in [0.3, 0.4) is 0 Å². The molecule has 1 amide bonds. The number of nitrogens with zero attached hydrogens (tertiary/aromatic N) is 3. The lowest BCUT2D eigenvalue weighted by molar-refractivity contribution is -0.127. The number of guanidine groups is 1. The Hall–Kier alpha value is -1.47. The number of aliphatic imine (C=N–C) groups is 1. The van der Waals surface area contributed by atoms with E-state index in [0.29, 0.717) is 17.7 Å². The molecule has 1 heterocycles. The van der Waals surface area contributed by atoms with Crippen molar-refractivity contribution in [3.05, 3.63) is 29.0 Å². The minimum absolute atomic E-state index is 0.0298. The van der Waals surface area contributed by atoms with Gasteiger partial charge in [-0.25, -0.2) is 9.98 Å². The van der Waals surface area contributed by atoms with Crippen LogP contribution in [0.4, 0.5) is 0 Å². The van der Waals surface area contributed by atoms with Crippen LogP contribution in [0.5, 0.6) is 0 Å². The molecule has 1 aromatic rings. The third-order valence-corrected chi connectivity index (χ3v) is 3.80. The van der Waals surface area contributed by atoms with E-state index in [1.54, 1.807) is 38.1 Å². The van der Waals surface area contributed by atoms with E-state index in [0.717, 1.165) is 24.3 Å². The molecule has 23 heavy (non-hydrogen) atoms. The number of halogens is 1. The molecular weight excluding hydrogens is 334 g/mol. The average Bonchev–Trinajstić information content (AvgIpc) is 2.53. The van der Waals surface area contributed by atoms with Crippen molar-refractivity contribution in [2.24, 2.45) is 4.99 Å². The number of hydrogen-bond acceptors (Lipinski definition) is 4. The Labute approximate surface area is 147 Å². The van der Waals surface area contributed by atoms with Crippen molar-refractivity contribution >= 4 is 35.2 Å². The molecule has 2 N–H and O–H groups in total. The number of carbonyl (C=O) groups excluding carboxylic acids is 1. The predicted molar refractivity (Wildman–Crippen MR) is 98.3 cm³/mol. The fourth-order valence-corrected chi connectivity index (χ4v) is 2.03. The molecular formula is C15H24ClN5OS. The van der Waals surface area contributed by atoms with Crippen molar-refractivity contribution in [3.63, 3.8) is 0 Å². The van der Waals surface area contributed by atoms with Crippen molar-refractivity contribution in [2.75, 3.05) is 45.7 Å². The normalized spacial score (nSPS) is 11.2. The van der Waals surface area contributed by atoms with Gasteiger partial charge in [-0.2, -0.15) is 11.8 Å². The molecule has 8 heteroatoms. The van der Waals surface area contributed by atoms with Crippen LogP contribution in [0.2, 0.25) is 5.15 Å². The maximum atomic E-state index is 11.6. The van der Waals surface area contributed by atoms with Crippen molar-refractivity contribution < 1.29 is 4.79 Å². The topological polar surface area (TPSA) is 69.6 Å². The molecule has 1 aromatic heterocycles. The van der Waals surface area contributed by atoms with Gasteiger partial charge >= 0.3 is 0 Å². The molecule has 0 spiro atoms. The van der Waals surface area contributed by atoms with Crippen molar-refractivity contribution in [1.82, 2.24) is 20.5 Å². The van der Waals surface area contributed by atoms with Gasteiger partial charge < -0.3 is 15.5 Å². The second kappa shape index (κ2) is 11.1. The summed E-state index contributed by atoms with van der Waals surface area (Å²) in [7, 11) is 3.44. The molecule has 0 saturated carbocycles. The van der Waals surface area contributed by atoms with Crippen LogP contribution in [-0.4, -0.2) is 67.5 Å². The molecule has 0 atom stereocenters. The second-order valence-corrected chi connectivity index (χ2v) is 6.41. The van der Waals surface area contributed by atoms with Gasteiger partial charge in [-0.15, -0.1) is 0 Å². The van der Waals surface area contributed by atoms with Gasteiger partial charge in [0.25, 0.3) is 0 Å². The van der Waals surface area contributed by atoms with Crippen LogP contribution in [0, 0.1) is 0 Å². The highest BCUT2D eigenvalue weighted by Gasteiger charge is 2.04. The highest BCUT2D eigenvalue weighted by atomic mass is 35.5. The van der Waals surface area contributed by atoms with Crippen LogP contribution in [0.15, 0.2) is 23.3 Å². The summed E-state index contributed by atoms with van der Waals surface area (Å²) in [5.74, 6) is 1.60. The minimum Gasteiger partial charge on any atom is -0.356 e. The van der Waals surface area contributed by atoms with Gasteiger partial charge in [0.05, 0.1) is 0 Å². The molecule has 0 unspecified atom stereocenters. The Balaban J connectivity index is 2.49. The van der Waals surface area contributed by atoms with Gasteiger partial charge in [-0.1, -0.05) is 17.7 Å². The summed E-state index contributed by atoms with van der Waals surface area (Å²) >= 11 is 7.52. The van der Waals surface area contributed by atoms with E-state index in [1.165, 1.54) is 4.90 Å². The maximum absolute atomic E-state index is 11.6. The fraction of sp³-hybridized carbons (Fsp3) is 0.533. The van der Waals surface area contributed by atoms with Gasteiger partial charge in [-0.3, -0.25) is 4.79 Å². The summed E-state index contributed by atoms with van der Waals surface area (Å²) in [6.07, 6.45) is 4.61. The van der Waals surface area contributed by atoms with Gasteiger partial charge in [0.2, 0.25) is 5.91 Å². The first-order valence-electron chi connectivity index (χ1n) is 7.34. The standard InChI is InChI=1S/C15H24ClN5OS/c1-21(2)14(22)11-20-15(18-8-9-23-3)17-7-6-12-4-5-13(16)19-10-12/h4-5,10H,6-9,11H2,1-3H3,(H2,17,18,20). The number of thioether (sulfide) groups is 1. The number of hydrogen-bond donors (Lipinski definition) is 2. The van der Waals surface area contributed by atoms with Crippen LogP contribution in [-0.2, 0) is 11.2 Å². The molecule has 0 aliphatic carbocycles. The van der Waals surface area contributed by atoms with Crippen LogP contribution in [0.25, 0.3) is 0 Å². The first kappa shape index (κ1) is 19.6. The van der Waals surface area contributed by atoms with Crippen LogP contribution >= 0.6 is 23.4 Å². The van der Waals surface area contributed by atoms with E-state index >= 15 is 0 Å². The Kier molecular flexibility index (Phi) is 9.47. The maximum Gasteiger partial charge on any atom is 0.243 e. The SMILES string of the molecule is CSCCNC(=NCC(=O)N(C)C)NCCc1ccc(Cl)nc1. The van der Waals surface area contributed by atoms with Gasteiger partial charge in [0.15, 0.2) is 5.96 Å². The zero-order chi connectivity index (χ0) is 17.1. The van der Waals surface area contributed by atoms with E-state index in [2.05, 4.69) is 26.9 Å². The zero-order valence-corrected chi connectivity index (χ0v) is 15.4. The minimum atomic E-state index is -0.0298. The summed E-state index contributed by atoms with van der Waals surface area (Å²) in [5.41, 5.74) is 1.09. The summed E-state index contributed by atoms with van der Waals surface area (Å²) in [6.45, 7) is 1.63. The average molecular weight is 358 g/mol. The van der Waals surface area contributed by atoms with E-state index in [9.17, 15) is 4.79 Å².